The zero-order chi connectivity index (χ0) is 12.7. The van der Waals surface area contributed by atoms with Gasteiger partial charge in [-0.3, -0.25) is 4.90 Å². The smallest absolute Gasteiger partial charge is 0.124 e. The zero-order valence-corrected chi connectivity index (χ0v) is 10.5. The summed E-state index contributed by atoms with van der Waals surface area (Å²) >= 11 is 0. The Hall–Kier alpha value is -1.40. The van der Waals surface area contributed by atoms with E-state index in [1.807, 2.05) is 6.07 Å². The van der Waals surface area contributed by atoms with Gasteiger partial charge in [0, 0.05) is 6.54 Å². The lowest BCUT2D eigenvalue weighted by atomic mass is 10.1. The Morgan fingerprint density at radius 3 is 2.65 bits per heavy atom. The van der Waals surface area contributed by atoms with Gasteiger partial charge in [-0.25, -0.2) is 4.39 Å². The molecule has 2 nitrogen and oxygen atoms in total. The van der Waals surface area contributed by atoms with Crippen LogP contribution in [0.5, 0.6) is 0 Å². The molecule has 17 heavy (non-hydrogen) atoms. The third-order valence-corrected chi connectivity index (χ3v) is 2.77. The van der Waals surface area contributed by atoms with Crippen molar-refractivity contribution in [2.75, 3.05) is 13.1 Å². The van der Waals surface area contributed by atoms with Crippen LogP contribution < -0.4 is 0 Å². The highest BCUT2D eigenvalue weighted by molar-refractivity contribution is 5.33. The highest BCUT2D eigenvalue weighted by Gasteiger charge is 2.05. The molecule has 0 aliphatic rings. The lowest BCUT2D eigenvalue weighted by Crippen LogP contribution is -2.24. The lowest BCUT2D eigenvalue weighted by molar-refractivity contribution is 0.275. The van der Waals surface area contributed by atoms with Crippen LogP contribution in [0.4, 0.5) is 4.39 Å². The summed E-state index contributed by atoms with van der Waals surface area (Å²) in [6.07, 6.45) is 2.30. The molecule has 0 atom stereocenters. The summed E-state index contributed by atoms with van der Waals surface area (Å²) in [5.41, 5.74) is 1.27. The van der Waals surface area contributed by atoms with Crippen LogP contribution in [0.15, 0.2) is 18.2 Å². The van der Waals surface area contributed by atoms with Crippen molar-refractivity contribution in [3.05, 3.63) is 35.1 Å². The molecule has 0 bridgehead atoms. The van der Waals surface area contributed by atoms with Gasteiger partial charge in [0.05, 0.1) is 11.6 Å². The summed E-state index contributed by atoms with van der Waals surface area (Å²) in [5, 5.41) is 8.79. The first kappa shape index (κ1) is 13.7. The van der Waals surface area contributed by atoms with Gasteiger partial charge in [0.1, 0.15) is 5.82 Å². The molecule has 0 aliphatic heterocycles. The van der Waals surface area contributed by atoms with E-state index in [2.05, 4.69) is 18.7 Å². The highest BCUT2D eigenvalue weighted by atomic mass is 19.1. The molecular weight excluding hydrogens is 215 g/mol. The third kappa shape index (κ3) is 4.54. The van der Waals surface area contributed by atoms with E-state index in [-0.39, 0.29) is 5.82 Å². The van der Waals surface area contributed by atoms with E-state index >= 15 is 0 Å². The Balaban J connectivity index is 2.72. The molecule has 0 aromatic heterocycles. The molecular formula is C14H19FN2. The van der Waals surface area contributed by atoms with Crippen molar-refractivity contribution < 1.29 is 4.39 Å². The van der Waals surface area contributed by atoms with E-state index in [0.29, 0.717) is 12.1 Å². The Morgan fingerprint density at radius 1 is 1.29 bits per heavy atom. The van der Waals surface area contributed by atoms with Crippen LogP contribution in [0.1, 0.15) is 37.8 Å². The average molecular weight is 234 g/mol. The van der Waals surface area contributed by atoms with Crippen LogP contribution in [0.3, 0.4) is 0 Å². The van der Waals surface area contributed by atoms with E-state index in [0.717, 1.165) is 31.5 Å². The molecule has 1 aromatic rings. The van der Waals surface area contributed by atoms with E-state index in [1.165, 1.54) is 12.1 Å². The molecule has 0 aliphatic carbocycles. The minimum atomic E-state index is -0.328. The number of hydrogen-bond donors (Lipinski definition) is 0. The normalized spacial score (nSPS) is 10.5. The SMILES string of the molecule is CCCCN(CC)Cc1cc(F)cc(C#N)c1. The van der Waals surface area contributed by atoms with Crippen molar-refractivity contribution in [2.45, 2.75) is 33.2 Å². The monoisotopic (exact) mass is 234 g/mol. The van der Waals surface area contributed by atoms with Gasteiger partial charge in [-0.2, -0.15) is 5.26 Å². The Kier molecular flexibility index (Phi) is 5.65. The number of hydrogen-bond acceptors (Lipinski definition) is 2. The van der Waals surface area contributed by atoms with Crippen molar-refractivity contribution >= 4 is 0 Å². The molecule has 1 aromatic carbocycles. The molecule has 0 saturated heterocycles. The van der Waals surface area contributed by atoms with Crippen LogP contribution in [0.25, 0.3) is 0 Å². The second kappa shape index (κ2) is 7.03. The van der Waals surface area contributed by atoms with Crippen molar-refractivity contribution in [3.8, 4) is 6.07 Å². The summed E-state index contributed by atoms with van der Waals surface area (Å²) in [4.78, 5) is 2.26. The molecule has 0 heterocycles. The summed E-state index contributed by atoms with van der Waals surface area (Å²) in [6, 6.07) is 6.52. The van der Waals surface area contributed by atoms with Gasteiger partial charge in [0.2, 0.25) is 0 Å². The van der Waals surface area contributed by atoms with Crippen molar-refractivity contribution in [3.63, 3.8) is 0 Å². The van der Waals surface area contributed by atoms with E-state index in [4.69, 9.17) is 5.26 Å². The first-order valence-corrected chi connectivity index (χ1v) is 6.11. The van der Waals surface area contributed by atoms with Gasteiger partial charge in [0.15, 0.2) is 0 Å². The Labute approximate surface area is 103 Å². The predicted molar refractivity (Wildman–Crippen MR) is 67.0 cm³/mol. The summed E-state index contributed by atoms with van der Waals surface area (Å²) < 4.78 is 13.3. The van der Waals surface area contributed by atoms with Gasteiger partial charge in [-0.05, 0) is 43.3 Å². The van der Waals surface area contributed by atoms with Crippen molar-refractivity contribution in [1.29, 1.82) is 5.26 Å². The van der Waals surface area contributed by atoms with E-state index < -0.39 is 0 Å². The molecule has 92 valence electrons. The maximum atomic E-state index is 13.3. The fourth-order valence-electron chi connectivity index (χ4n) is 1.80. The van der Waals surface area contributed by atoms with Crippen molar-refractivity contribution in [1.82, 2.24) is 4.90 Å². The first-order chi connectivity index (χ1) is 8.19. The molecule has 0 spiro atoms. The lowest BCUT2D eigenvalue weighted by Gasteiger charge is -2.20. The number of nitrogens with zero attached hydrogens (tertiary/aromatic N) is 2. The largest absolute Gasteiger partial charge is 0.299 e. The molecule has 0 fully saturated rings. The van der Waals surface area contributed by atoms with Gasteiger partial charge in [-0.15, -0.1) is 0 Å². The maximum Gasteiger partial charge on any atom is 0.124 e. The van der Waals surface area contributed by atoms with Crippen LogP contribution in [0.2, 0.25) is 0 Å². The Morgan fingerprint density at radius 2 is 2.06 bits per heavy atom. The second-order valence-corrected chi connectivity index (χ2v) is 4.18. The number of unbranched alkanes of at least 4 members (excludes halogenated alkanes) is 1. The van der Waals surface area contributed by atoms with Crippen LogP contribution in [-0.4, -0.2) is 18.0 Å². The predicted octanol–water partition coefficient (Wildman–Crippen LogP) is 3.32. The standard InChI is InChI=1S/C14H19FN2/c1-3-5-6-17(4-2)11-13-7-12(10-16)8-14(15)9-13/h7-9H,3-6,11H2,1-2H3. The molecule has 0 radical (unpaired) electrons. The van der Waals surface area contributed by atoms with E-state index in [9.17, 15) is 4.39 Å². The fraction of sp³-hybridized carbons (Fsp3) is 0.500. The average Bonchev–Trinajstić information content (AvgIpc) is 2.33. The number of nitriles is 1. The summed E-state index contributed by atoms with van der Waals surface area (Å²) in [6.45, 7) is 6.93. The fourth-order valence-corrected chi connectivity index (χ4v) is 1.80. The molecule has 0 saturated carbocycles. The number of benzene rings is 1. The number of rotatable bonds is 6. The maximum absolute atomic E-state index is 13.3. The summed E-state index contributed by atoms with van der Waals surface area (Å²) in [5.74, 6) is -0.328. The third-order valence-electron chi connectivity index (χ3n) is 2.77. The second-order valence-electron chi connectivity index (χ2n) is 4.18. The molecule has 1 rings (SSSR count). The minimum Gasteiger partial charge on any atom is -0.299 e. The van der Waals surface area contributed by atoms with Crippen LogP contribution in [-0.2, 0) is 6.54 Å². The first-order valence-electron chi connectivity index (χ1n) is 6.11. The van der Waals surface area contributed by atoms with Gasteiger partial charge < -0.3 is 0 Å². The zero-order valence-electron chi connectivity index (χ0n) is 10.5. The highest BCUT2D eigenvalue weighted by Crippen LogP contribution is 2.11. The summed E-state index contributed by atoms with van der Waals surface area (Å²) in [7, 11) is 0. The van der Waals surface area contributed by atoms with Crippen molar-refractivity contribution in [2.24, 2.45) is 0 Å². The van der Waals surface area contributed by atoms with Gasteiger partial charge >= 0.3 is 0 Å². The van der Waals surface area contributed by atoms with Crippen LogP contribution >= 0.6 is 0 Å². The van der Waals surface area contributed by atoms with Gasteiger partial charge in [-0.1, -0.05) is 20.3 Å². The molecule has 0 amide bonds. The molecule has 0 N–H and O–H groups in total. The number of halogens is 1. The van der Waals surface area contributed by atoms with Crippen LogP contribution in [0, 0.1) is 17.1 Å². The van der Waals surface area contributed by atoms with E-state index in [1.54, 1.807) is 6.07 Å². The van der Waals surface area contributed by atoms with Gasteiger partial charge in [0.25, 0.3) is 0 Å². The Bertz CT molecular complexity index is 396. The quantitative estimate of drug-likeness (QED) is 0.755. The molecule has 0 unspecified atom stereocenters. The minimum absolute atomic E-state index is 0.328. The topological polar surface area (TPSA) is 27.0 Å². The molecule has 3 heteroatoms.